The standard InChI is InChI=1S/C15H19Cl2N3O/c16-10-2-3-12(17)14(5-10)19-15(21)8-20-6-9-1-4-13(18)11(9)7-20/h2-3,5,9,11,13H,1,4,6-8,18H2,(H,19,21). The number of likely N-dealkylation sites (tertiary alicyclic amines) is 1. The summed E-state index contributed by atoms with van der Waals surface area (Å²) in [7, 11) is 0. The summed E-state index contributed by atoms with van der Waals surface area (Å²) >= 11 is 12.0. The van der Waals surface area contributed by atoms with Crippen molar-refractivity contribution in [3.8, 4) is 0 Å². The zero-order valence-electron chi connectivity index (χ0n) is 11.7. The van der Waals surface area contributed by atoms with Crippen molar-refractivity contribution in [3.63, 3.8) is 0 Å². The summed E-state index contributed by atoms with van der Waals surface area (Å²) in [6.45, 7) is 2.26. The van der Waals surface area contributed by atoms with E-state index in [4.69, 9.17) is 28.9 Å². The van der Waals surface area contributed by atoms with Crippen LogP contribution in [0.5, 0.6) is 0 Å². The molecule has 1 saturated heterocycles. The highest BCUT2D eigenvalue weighted by atomic mass is 35.5. The number of hydrogen-bond acceptors (Lipinski definition) is 3. The van der Waals surface area contributed by atoms with Crippen molar-refractivity contribution < 1.29 is 4.79 Å². The lowest BCUT2D eigenvalue weighted by Crippen LogP contribution is -2.34. The molecule has 1 aromatic carbocycles. The van der Waals surface area contributed by atoms with Crippen LogP contribution in [0, 0.1) is 11.8 Å². The van der Waals surface area contributed by atoms with E-state index in [2.05, 4.69) is 10.2 Å². The molecule has 4 nitrogen and oxygen atoms in total. The molecule has 1 saturated carbocycles. The summed E-state index contributed by atoms with van der Waals surface area (Å²) < 4.78 is 0. The molecule has 1 amide bonds. The number of carbonyl (C=O) groups excluding carboxylic acids is 1. The molecular weight excluding hydrogens is 309 g/mol. The predicted molar refractivity (Wildman–Crippen MR) is 85.7 cm³/mol. The van der Waals surface area contributed by atoms with E-state index in [9.17, 15) is 4.79 Å². The van der Waals surface area contributed by atoms with Gasteiger partial charge in [-0.15, -0.1) is 0 Å². The van der Waals surface area contributed by atoms with Crippen molar-refractivity contribution in [2.75, 3.05) is 25.0 Å². The number of amides is 1. The molecule has 0 aromatic heterocycles. The molecule has 3 atom stereocenters. The van der Waals surface area contributed by atoms with E-state index in [0.717, 1.165) is 19.5 Å². The maximum atomic E-state index is 12.1. The molecule has 0 radical (unpaired) electrons. The fourth-order valence-corrected chi connectivity index (χ4v) is 3.85. The Morgan fingerprint density at radius 1 is 1.33 bits per heavy atom. The molecular formula is C15H19Cl2N3O. The topological polar surface area (TPSA) is 58.4 Å². The summed E-state index contributed by atoms with van der Waals surface area (Å²) in [5, 5.41) is 3.87. The van der Waals surface area contributed by atoms with Crippen LogP contribution in [0.2, 0.25) is 10.0 Å². The van der Waals surface area contributed by atoms with Gasteiger partial charge in [-0.1, -0.05) is 23.2 Å². The molecule has 6 heteroatoms. The molecule has 1 aliphatic carbocycles. The van der Waals surface area contributed by atoms with E-state index in [0.29, 0.717) is 40.2 Å². The van der Waals surface area contributed by atoms with Gasteiger partial charge in [0.1, 0.15) is 0 Å². The largest absolute Gasteiger partial charge is 0.327 e. The van der Waals surface area contributed by atoms with E-state index in [-0.39, 0.29) is 5.91 Å². The highest BCUT2D eigenvalue weighted by Gasteiger charge is 2.41. The quantitative estimate of drug-likeness (QED) is 0.897. The third kappa shape index (κ3) is 3.34. The first kappa shape index (κ1) is 15.1. The summed E-state index contributed by atoms with van der Waals surface area (Å²) in [6.07, 6.45) is 2.30. The van der Waals surface area contributed by atoms with Crippen LogP contribution in [-0.4, -0.2) is 36.5 Å². The van der Waals surface area contributed by atoms with Gasteiger partial charge in [0.2, 0.25) is 5.91 Å². The number of carbonyl (C=O) groups is 1. The van der Waals surface area contributed by atoms with Gasteiger partial charge in [0.15, 0.2) is 0 Å². The second-order valence-corrected chi connectivity index (χ2v) is 6.88. The molecule has 1 aromatic rings. The Hall–Kier alpha value is -0.810. The van der Waals surface area contributed by atoms with Gasteiger partial charge in [-0.3, -0.25) is 9.69 Å². The van der Waals surface area contributed by atoms with Crippen molar-refractivity contribution in [2.45, 2.75) is 18.9 Å². The zero-order chi connectivity index (χ0) is 15.0. The molecule has 0 bridgehead atoms. The number of anilines is 1. The van der Waals surface area contributed by atoms with Crippen LogP contribution >= 0.6 is 23.2 Å². The Kier molecular flexibility index (Phi) is 4.41. The van der Waals surface area contributed by atoms with Gasteiger partial charge in [-0.25, -0.2) is 0 Å². The van der Waals surface area contributed by atoms with Crippen LogP contribution in [0.3, 0.4) is 0 Å². The van der Waals surface area contributed by atoms with Gasteiger partial charge in [-0.05, 0) is 42.9 Å². The predicted octanol–water partition coefficient (Wildman–Crippen LogP) is 2.60. The van der Waals surface area contributed by atoms with E-state index in [1.54, 1.807) is 18.2 Å². The summed E-state index contributed by atoms with van der Waals surface area (Å²) in [4.78, 5) is 14.3. The number of nitrogens with one attached hydrogen (secondary N) is 1. The number of halogens is 2. The number of nitrogens with zero attached hydrogens (tertiary/aromatic N) is 1. The lowest BCUT2D eigenvalue weighted by atomic mass is 9.98. The fourth-order valence-electron chi connectivity index (χ4n) is 3.51. The Morgan fingerprint density at radius 2 is 2.14 bits per heavy atom. The van der Waals surface area contributed by atoms with Crippen molar-refractivity contribution in [3.05, 3.63) is 28.2 Å². The van der Waals surface area contributed by atoms with Crippen LogP contribution in [0.1, 0.15) is 12.8 Å². The van der Waals surface area contributed by atoms with Crippen LogP contribution in [0.15, 0.2) is 18.2 Å². The molecule has 1 aliphatic heterocycles. The molecule has 3 N–H and O–H groups in total. The number of hydrogen-bond donors (Lipinski definition) is 2. The Labute approximate surface area is 134 Å². The van der Waals surface area contributed by atoms with Crippen LogP contribution in [0.25, 0.3) is 0 Å². The second kappa shape index (κ2) is 6.13. The normalized spacial score (nSPS) is 28.6. The molecule has 1 heterocycles. The molecule has 114 valence electrons. The number of rotatable bonds is 3. The van der Waals surface area contributed by atoms with Gasteiger partial charge in [0.25, 0.3) is 0 Å². The zero-order valence-corrected chi connectivity index (χ0v) is 13.2. The third-order valence-corrected chi connectivity index (χ3v) is 5.12. The van der Waals surface area contributed by atoms with Gasteiger partial charge in [-0.2, -0.15) is 0 Å². The molecule has 2 fully saturated rings. The highest BCUT2D eigenvalue weighted by molar-refractivity contribution is 6.35. The van der Waals surface area contributed by atoms with Crippen molar-refractivity contribution >= 4 is 34.8 Å². The Balaban J connectivity index is 1.57. The average Bonchev–Trinajstić information content (AvgIpc) is 2.96. The minimum atomic E-state index is -0.0623. The van der Waals surface area contributed by atoms with Crippen LogP contribution in [-0.2, 0) is 4.79 Å². The van der Waals surface area contributed by atoms with E-state index < -0.39 is 0 Å². The first-order chi connectivity index (χ1) is 10.0. The minimum absolute atomic E-state index is 0.0623. The summed E-state index contributed by atoms with van der Waals surface area (Å²) in [5.41, 5.74) is 6.67. The van der Waals surface area contributed by atoms with Gasteiger partial charge in [0.05, 0.1) is 17.3 Å². The third-order valence-electron chi connectivity index (χ3n) is 4.56. The molecule has 21 heavy (non-hydrogen) atoms. The lowest BCUT2D eigenvalue weighted by Gasteiger charge is -2.18. The van der Waals surface area contributed by atoms with E-state index >= 15 is 0 Å². The van der Waals surface area contributed by atoms with Crippen LogP contribution < -0.4 is 11.1 Å². The number of benzene rings is 1. The van der Waals surface area contributed by atoms with Gasteiger partial charge >= 0.3 is 0 Å². The Morgan fingerprint density at radius 3 is 2.90 bits per heavy atom. The fraction of sp³-hybridized carbons (Fsp3) is 0.533. The smallest absolute Gasteiger partial charge is 0.238 e. The van der Waals surface area contributed by atoms with Gasteiger partial charge < -0.3 is 11.1 Å². The molecule has 2 aliphatic rings. The number of nitrogens with two attached hydrogens (primary N) is 1. The van der Waals surface area contributed by atoms with Crippen LogP contribution in [0.4, 0.5) is 5.69 Å². The maximum absolute atomic E-state index is 12.1. The first-order valence-electron chi connectivity index (χ1n) is 7.26. The van der Waals surface area contributed by atoms with Crippen molar-refractivity contribution in [1.29, 1.82) is 0 Å². The van der Waals surface area contributed by atoms with Crippen molar-refractivity contribution in [1.82, 2.24) is 4.90 Å². The lowest BCUT2D eigenvalue weighted by molar-refractivity contribution is -0.117. The van der Waals surface area contributed by atoms with Gasteiger partial charge in [0, 0.05) is 24.2 Å². The maximum Gasteiger partial charge on any atom is 0.238 e. The number of fused-ring (bicyclic) bond motifs is 1. The highest BCUT2D eigenvalue weighted by Crippen LogP contribution is 2.37. The van der Waals surface area contributed by atoms with Crippen molar-refractivity contribution in [2.24, 2.45) is 17.6 Å². The second-order valence-electron chi connectivity index (χ2n) is 6.03. The monoisotopic (exact) mass is 327 g/mol. The van der Waals surface area contributed by atoms with E-state index in [1.165, 1.54) is 6.42 Å². The van der Waals surface area contributed by atoms with E-state index in [1.807, 2.05) is 0 Å². The summed E-state index contributed by atoms with van der Waals surface area (Å²) in [6, 6.07) is 5.34. The Bertz CT molecular complexity index is 552. The first-order valence-corrected chi connectivity index (χ1v) is 8.01. The minimum Gasteiger partial charge on any atom is -0.327 e. The summed E-state index contributed by atoms with van der Waals surface area (Å²) in [5.74, 6) is 1.14. The SMILES string of the molecule is NC1CCC2CN(CC(=O)Nc3cc(Cl)ccc3Cl)CC12. The molecule has 3 unspecified atom stereocenters. The molecule has 3 rings (SSSR count). The average molecular weight is 328 g/mol. The molecule has 0 spiro atoms.